The number of rotatable bonds is 5. The third-order valence-corrected chi connectivity index (χ3v) is 5.41. The number of fused-ring (bicyclic) bond motifs is 1. The molecule has 2 atom stereocenters. The number of halogens is 1. The number of ether oxygens (including phenoxy) is 2. The molecule has 0 spiro atoms. The molecule has 5 nitrogen and oxygen atoms in total. The summed E-state index contributed by atoms with van der Waals surface area (Å²) in [5, 5.41) is 1.01. The quantitative estimate of drug-likeness (QED) is 0.874. The highest BCUT2D eigenvalue weighted by atomic mass is 19.1. The van der Waals surface area contributed by atoms with Crippen LogP contribution in [0.5, 0.6) is 0 Å². The van der Waals surface area contributed by atoms with Crippen molar-refractivity contribution in [3.63, 3.8) is 0 Å². The van der Waals surface area contributed by atoms with Gasteiger partial charge in [0.2, 0.25) is 0 Å². The van der Waals surface area contributed by atoms with Crippen molar-refractivity contribution in [2.24, 2.45) is 0 Å². The Hall–Kier alpha value is -2.18. The summed E-state index contributed by atoms with van der Waals surface area (Å²) in [6.07, 6.45) is 6.51. The van der Waals surface area contributed by atoms with Crippen molar-refractivity contribution in [2.75, 3.05) is 26.3 Å². The van der Waals surface area contributed by atoms with Gasteiger partial charge >= 0.3 is 0 Å². The van der Waals surface area contributed by atoms with Gasteiger partial charge in [0, 0.05) is 42.4 Å². The van der Waals surface area contributed by atoms with E-state index in [1.807, 2.05) is 18.0 Å². The summed E-state index contributed by atoms with van der Waals surface area (Å²) in [6, 6.07) is 4.78. The van der Waals surface area contributed by atoms with Crippen LogP contribution in [0.2, 0.25) is 0 Å². The fraction of sp³-hybridized carbons (Fsp3) is 0.476. The number of amides is 1. The second kappa shape index (κ2) is 7.82. The average molecular weight is 372 g/mol. The highest BCUT2D eigenvalue weighted by Gasteiger charge is 2.25. The third kappa shape index (κ3) is 3.92. The van der Waals surface area contributed by atoms with Gasteiger partial charge in [-0.2, -0.15) is 0 Å². The fourth-order valence-electron chi connectivity index (χ4n) is 3.83. The monoisotopic (exact) mass is 372 g/mol. The minimum atomic E-state index is -0.458. The molecule has 27 heavy (non-hydrogen) atoms. The summed E-state index contributed by atoms with van der Waals surface area (Å²) in [5.74, 6) is -0.230. The molecule has 1 N–H and O–H groups in total. The van der Waals surface area contributed by atoms with E-state index in [1.165, 1.54) is 17.7 Å². The molecule has 2 aliphatic heterocycles. The van der Waals surface area contributed by atoms with Crippen LogP contribution in [0.3, 0.4) is 0 Å². The van der Waals surface area contributed by atoms with Crippen LogP contribution in [0.25, 0.3) is 16.5 Å². The molecule has 6 heteroatoms. The highest BCUT2D eigenvalue weighted by Crippen LogP contribution is 2.29. The van der Waals surface area contributed by atoms with Gasteiger partial charge in [0.15, 0.2) is 0 Å². The molecule has 1 aromatic carbocycles. The molecule has 0 unspecified atom stereocenters. The molecule has 0 radical (unpaired) electrons. The first kappa shape index (κ1) is 18.2. The number of benzene rings is 1. The topological polar surface area (TPSA) is 54.6 Å². The maximum atomic E-state index is 13.4. The predicted molar refractivity (Wildman–Crippen MR) is 102 cm³/mol. The Bertz CT molecular complexity index is 854. The molecule has 3 heterocycles. The van der Waals surface area contributed by atoms with Crippen LogP contribution in [0.15, 0.2) is 30.5 Å². The Balaban J connectivity index is 1.37. The number of hydrogen-bond donors (Lipinski definition) is 1. The van der Waals surface area contributed by atoms with E-state index in [0.717, 1.165) is 42.3 Å². The van der Waals surface area contributed by atoms with E-state index in [1.54, 1.807) is 6.07 Å². The molecule has 0 aliphatic carbocycles. The zero-order chi connectivity index (χ0) is 18.8. The number of nitrogens with one attached hydrogen (secondary N) is 1. The molecule has 2 aliphatic rings. The number of carbonyl (C=O) groups excluding carboxylic acids is 1. The molecule has 4 rings (SSSR count). The van der Waals surface area contributed by atoms with Crippen molar-refractivity contribution in [3.8, 4) is 0 Å². The minimum Gasteiger partial charge on any atom is -0.376 e. The van der Waals surface area contributed by atoms with Crippen molar-refractivity contribution in [1.29, 1.82) is 0 Å². The first-order valence-corrected chi connectivity index (χ1v) is 9.60. The summed E-state index contributed by atoms with van der Waals surface area (Å²) < 4.78 is 24.6. The largest absolute Gasteiger partial charge is 0.376 e. The van der Waals surface area contributed by atoms with E-state index >= 15 is 0 Å². The molecular weight excluding hydrogens is 347 g/mol. The van der Waals surface area contributed by atoms with E-state index < -0.39 is 6.10 Å². The molecule has 1 amide bonds. The van der Waals surface area contributed by atoms with Gasteiger partial charge in [0.25, 0.3) is 5.91 Å². The van der Waals surface area contributed by atoms with E-state index in [-0.39, 0.29) is 17.8 Å². The predicted octanol–water partition coefficient (Wildman–Crippen LogP) is 3.51. The first-order chi connectivity index (χ1) is 13.1. The second-order valence-corrected chi connectivity index (χ2v) is 7.27. The lowest BCUT2D eigenvalue weighted by Crippen LogP contribution is -2.42. The summed E-state index contributed by atoms with van der Waals surface area (Å²) in [5.41, 5.74) is 3.06. The van der Waals surface area contributed by atoms with Crippen molar-refractivity contribution in [2.45, 2.75) is 38.4 Å². The van der Waals surface area contributed by atoms with Crippen molar-refractivity contribution in [1.82, 2.24) is 9.88 Å². The van der Waals surface area contributed by atoms with Crippen LogP contribution in [0.1, 0.15) is 31.7 Å². The van der Waals surface area contributed by atoms with Gasteiger partial charge in [-0.1, -0.05) is 6.08 Å². The summed E-state index contributed by atoms with van der Waals surface area (Å²) >= 11 is 0. The maximum absolute atomic E-state index is 13.4. The van der Waals surface area contributed by atoms with E-state index in [0.29, 0.717) is 19.7 Å². The summed E-state index contributed by atoms with van der Waals surface area (Å²) in [7, 11) is 0. The molecule has 144 valence electrons. The van der Waals surface area contributed by atoms with Crippen LogP contribution in [0.4, 0.5) is 4.39 Å². The Kier molecular flexibility index (Phi) is 5.27. The maximum Gasteiger partial charge on any atom is 0.251 e. The normalized spacial score (nSPS) is 21.5. The van der Waals surface area contributed by atoms with E-state index in [2.05, 4.69) is 11.1 Å². The summed E-state index contributed by atoms with van der Waals surface area (Å²) in [6.45, 7) is 4.30. The van der Waals surface area contributed by atoms with Crippen molar-refractivity contribution < 1.29 is 18.7 Å². The Morgan fingerprint density at radius 2 is 2.37 bits per heavy atom. The zero-order valence-corrected chi connectivity index (χ0v) is 15.5. The number of aromatic amines is 1. The third-order valence-electron chi connectivity index (χ3n) is 5.41. The lowest BCUT2D eigenvalue weighted by atomic mass is 9.98. The van der Waals surface area contributed by atoms with Crippen molar-refractivity contribution >= 4 is 22.4 Å². The molecular formula is C21H25FN2O3. The number of H-pyrrole nitrogens is 1. The first-order valence-electron chi connectivity index (χ1n) is 9.60. The van der Waals surface area contributed by atoms with Gasteiger partial charge in [0.05, 0.1) is 12.7 Å². The second-order valence-electron chi connectivity index (χ2n) is 7.27. The van der Waals surface area contributed by atoms with Crippen molar-refractivity contribution in [3.05, 3.63) is 41.9 Å². The van der Waals surface area contributed by atoms with Crippen LogP contribution in [-0.2, 0) is 14.3 Å². The van der Waals surface area contributed by atoms with E-state index in [4.69, 9.17) is 9.47 Å². The van der Waals surface area contributed by atoms with Gasteiger partial charge in [-0.15, -0.1) is 0 Å². The Morgan fingerprint density at radius 3 is 3.11 bits per heavy atom. The van der Waals surface area contributed by atoms with E-state index in [9.17, 15) is 9.18 Å². The standard InChI is InChI=1S/C21H25FN2O3/c1-14(27-13-17-3-2-10-26-17)21(25)24-8-6-15(7-9-24)19-12-23-20-11-16(22)4-5-18(19)20/h4-6,11-12,14,17,23H,2-3,7-10,13H2,1H3/t14-,17+/m1/s1. The molecule has 1 fully saturated rings. The Labute approximate surface area is 158 Å². The average Bonchev–Trinajstić information content (AvgIpc) is 3.35. The van der Waals surface area contributed by atoms with Gasteiger partial charge < -0.3 is 19.4 Å². The fourth-order valence-corrected chi connectivity index (χ4v) is 3.83. The SMILES string of the molecule is C[C@@H](OC[C@@H]1CCCO1)C(=O)N1CC=C(c2c[nH]c3cc(F)ccc23)CC1. The number of carbonyl (C=O) groups is 1. The number of aromatic nitrogens is 1. The van der Waals surface area contributed by atoms with Crippen LogP contribution in [-0.4, -0.2) is 54.3 Å². The molecule has 2 aromatic rings. The van der Waals surface area contributed by atoms with Gasteiger partial charge in [-0.05, 0) is 50.0 Å². The minimum absolute atomic E-state index is 0.0179. The van der Waals surface area contributed by atoms with Gasteiger partial charge in [-0.25, -0.2) is 4.39 Å². The number of nitrogens with zero attached hydrogens (tertiary/aromatic N) is 1. The molecule has 1 aromatic heterocycles. The molecule has 0 bridgehead atoms. The Morgan fingerprint density at radius 1 is 1.48 bits per heavy atom. The molecule has 0 saturated carbocycles. The van der Waals surface area contributed by atoms with Crippen LogP contribution < -0.4 is 0 Å². The lowest BCUT2D eigenvalue weighted by molar-refractivity contribution is -0.144. The van der Waals surface area contributed by atoms with Crippen LogP contribution in [0, 0.1) is 5.82 Å². The van der Waals surface area contributed by atoms with Gasteiger partial charge in [-0.3, -0.25) is 4.79 Å². The smallest absolute Gasteiger partial charge is 0.251 e. The summed E-state index contributed by atoms with van der Waals surface area (Å²) in [4.78, 5) is 17.6. The highest BCUT2D eigenvalue weighted by molar-refractivity contribution is 5.93. The molecule has 1 saturated heterocycles. The van der Waals surface area contributed by atoms with Crippen LogP contribution >= 0.6 is 0 Å². The zero-order valence-electron chi connectivity index (χ0n) is 15.5. The van der Waals surface area contributed by atoms with Gasteiger partial charge in [0.1, 0.15) is 11.9 Å². The lowest BCUT2D eigenvalue weighted by Gasteiger charge is -2.29. The number of hydrogen-bond acceptors (Lipinski definition) is 3.